The lowest BCUT2D eigenvalue weighted by atomic mass is 10.2. The van der Waals surface area contributed by atoms with Crippen molar-refractivity contribution >= 4 is 19.7 Å². The zero-order chi connectivity index (χ0) is 12.6. The molecule has 0 aliphatic carbocycles. The summed E-state index contributed by atoms with van der Waals surface area (Å²) in [6, 6.07) is 6.90. The Morgan fingerprint density at radius 2 is 2.00 bits per heavy atom. The van der Waals surface area contributed by atoms with Crippen LogP contribution in [0.5, 0.6) is 0 Å². The van der Waals surface area contributed by atoms with Crippen molar-refractivity contribution in [3.63, 3.8) is 0 Å². The van der Waals surface area contributed by atoms with Crippen molar-refractivity contribution in [3.05, 3.63) is 42.0 Å². The molecule has 1 aromatic heterocycles. The molecule has 0 saturated carbocycles. The molecule has 2 rings (SSSR count). The number of rotatable bonds is 2. The topological polar surface area (TPSA) is 52.0 Å². The van der Waals surface area contributed by atoms with Gasteiger partial charge in [-0.05, 0) is 18.6 Å². The van der Waals surface area contributed by atoms with Crippen LogP contribution in [0.3, 0.4) is 0 Å². The fourth-order valence-corrected chi connectivity index (χ4v) is 2.22. The van der Waals surface area contributed by atoms with Crippen LogP contribution in [0.4, 0.5) is 4.39 Å². The van der Waals surface area contributed by atoms with Crippen LogP contribution in [0.15, 0.2) is 35.4 Å². The average molecular weight is 275 g/mol. The van der Waals surface area contributed by atoms with E-state index in [2.05, 4.69) is 5.10 Å². The van der Waals surface area contributed by atoms with Gasteiger partial charge in [-0.1, -0.05) is 18.2 Å². The monoisotopic (exact) mass is 274 g/mol. The van der Waals surface area contributed by atoms with Crippen molar-refractivity contribution < 1.29 is 12.8 Å². The Balaban J connectivity index is 2.64. The van der Waals surface area contributed by atoms with Gasteiger partial charge in [0.15, 0.2) is 4.90 Å². The molecule has 0 aliphatic heterocycles. The Hall–Kier alpha value is -1.40. The highest BCUT2D eigenvalue weighted by Gasteiger charge is 2.22. The Morgan fingerprint density at radius 3 is 2.53 bits per heavy atom. The number of aromatic nitrogens is 2. The minimum atomic E-state index is -4.12. The zero-order valence-corrected chi connectivity index (χ0v) is 10.3. The second kappa shape index (κ2) is 4.12. The van der Waals surface area contributed by atoms with Crippen LogP contribution in [-0.2, 0) is 9.05 Å². The van der Waals surface area contributed by atoms with E-state index in [0.717, 1.165) is 16.4 Å². The fraction of sp³-hybridized carbons (Fsp3) is 0.100. The second-order valence-corrected chi connectivity index (χ2v) is 5.97. The van der Waals surface area contributed by atoms with Crippen molar-refractivity contribution in [2.45, 2.75) is 11.8 Å². The molecule has 0 unspecified atom stereocenters. The maximum atomic E-state index is 13.8. The fourth-order valence-electron chi connectivity index (χ4n) is 1.45. The Bertz CT molecular complexity index is 667. The van der Waals surface area contributed by atoms with Gasteiger partial charge in [-0.15, -0.1) is 0 Å². The molecule has 0 radical (unpaired) electrons. The second-order valence-electron chi connectivity index (χ2n) is 3.44. The van der Waals surface area contributed by atoms with E-state index in [9.17, 15) is 12.8 Å². The Kier molecular flexibility index (Phi) is 2.92. The summed E-state index contributed by atoms with van der Waals surface area (Å²) in [6.45, 7) is 1.77. The van der Waals surface area contributed by atoms with Gasteiger partial charge in [0.25, 0.3) is 9.05 Å². The van der Waals surface area contributed by atoms with Crippen LogP contribution in [0.25, 0.3) is 5.69 Å². The Morgan fingerprint density at radius 1 is 1.35 bits per heavy atom. The highest BCUT2D eigenvalue weighted by atomic mass is 35.7. The molecular formula is C10H8ClFN2O2S. The molecule has 2 aromatic rings. The van der Waals surface area contributed by atoms with Crippen molar-refractivity contribution in [2.75, 3.05) is 0 Å². The summed E-state index contributed by atoms with van der Waals surface area (Å²) in [6.07, 6.45) is 0.893. The molecule has 0 spiro atoms. The quantitative estimate of drug-likeness (QED) is 0.789. The van der Waals surface area contributed by atoms with E-state index in [1.54, 1.807) is 31.2 Å². The van der Waals surface area contributed by atoms with Gasteiger partial charge in [0.2, 0.25) is 5.95 Å². The van der Waals surface area contributed by atoms with Crippen molar-refractivity contribution in [1.29, 1.82) is 0 Å². The first kappa shape index (κ1) is 12.1. The van der Waals surface area contributed by atoms with E-state index >= 15 is 0 Å². The molecular weight excluding hydrogens is 267 g/mol. The number of para-hydroxylation sites is 1. The molecule has 4 nitrogen and oxygen atoms in total. The third-order valence-electron chi connectivity index (χ3n) is 2.29. The van der Waals surface area contributed by atoms with Gasteiger partial charge in [-0.25, -0.2) is 13.1 Å². The lowest BCUT2D eigenvalue weighted by Gasteiger charge is -2.05. The molecule has 0 bridgehead atoms. The number of benzene rings is 1. The van der Waals surface area contributed by atoms with Crippen molar-refractivity contribution in [1.82, 2.24) is 9.78 Å². The standard InChI is InChI=1S/C10H8ClFN2O2S/c1-7-4-2-3-5-8(7)14-10(12)9(6-13-14)17(11,15)16/h2-6H,1H3. The third kappa shape index (κ3) is 2.18. The van der Waals surface area contributed by atoms with E-state index in [0.29, 0.717) is 5.69 Å². The van der Waals surface area contributed by atoms with Crippen molar-refractivity contribution in [2.24, 2.45) is 0 Å². The normalized spacial score (nSPS) is 11.7. The first-order valence-electron chi connectivity index (χ1n) is 4.65. The molecule has 90 valence electrons. The molecule has 0 saturated heterocycles. The molecule has 1 aromatic carbocycles. The van der Waals surface area contributed by atoms with Gasteiger partial charge >= 0.3 is 0 Å². The lowest BCUT2D eigenvalue weighted by Crippen LogP contribution is -2.03. The molecule has 17 heavy (non-hydrogen) atoms. The van der Waals surface area contributed by atoms with Gasteiger partial charge in [0, 0.05) is 10.7 Å². The van der Waals surface area contributed by atoms with Crippen LogP contribution in [0.2, 0.25) is 0 Å². The largest absolute Gasteiger partial charge is 0.267 e. The van der Waals surface area contributed by atoms with Crippen LogP contribution in [-0.4, -0.2) is 18.2 Å². The van der Waals surface area contributed by atoms with Crippen molar-refractivity contribution in [3.8, 4) is 5.69 Å². The van der Waals surface area contributed by atoms with Gasteiger partial charge in [-0.2, -0.15) is 9.49 Å². The van der Waals surface area contributed by atoms with E-state index in [1.807, 2.05) is 0 Å². The summed E-state index contributed by atoms with van der Waals surface area (Å²) in [5.41, 5.74) is 1.24. The summed E-state index contributed by atoms with van der Waals surface area (Å²) in [7, 11) is 0.964. The minimum absolute atomic E-state index is 0.469. The van der Waals surface area contributed by atoms with Crippen LogP contribution < -0.4 is 0 Å². The molecule has 0 aliphatic rings. The number of hydrogen-bond donors (Lipinski definition) is 0. The molecule has 7 heteroatoms. The smallest absolute Gasteiger partial charge is 0.207 e. The van der Waals surface area contributed by atoms with Gasteiger partial charge in [0.05, 0.1) is 11.9 Å². The first-order valence-corrected chi connectivity index (χ1v) is 6.96. The van der Waals surface area contributed by atoms with Crippen LogP contribution >= 0.6 is 10.7 Å². The maximum absolute atomic E-state index is 13.8. The summed E-state index contributed by atoms with van der Waals surface area (Å²) in [5, 5.41) is 3.69. The summed E-state index contributed by atoms with van der Waals surface area (Å²) in [4.78, 5) is -0.623. The summed E-state index contributed by atoms with van der Waals surface area (Å²) < 4.78 is 36.8. The molecule has 0 fully saturated rings. The molecule has 0 N–H and O–H groups in total. The van der Waals surface area contributed by atoms with E-state index in [-0.39, 0.29) is 0 Å². The first-order chi connectivity index (χ1) is 7.91. The lowest BCUT2D eigenvalue weighted by molar-refractivity contribution is 0.512. The average Bonchev–Trinajstić information content (AvgIpc) is 2.60. The van der Waals surface area contributed by atoms with E-state index in [1.165, 1.54) is 0 Å². The summed E-state index contributed by atoms with van der Waals surface area (Å²) in [5.74, 6) is -0.991. The minimum Gasteiger partial charge on any atom is -0.207 e. The molecule has 1 heterocycles. The van der Waals surface area contributed by atoms with Crippen LogP contribution in [0.1, 0.15) is 5.56 Å². The third-order valence-corrected chi connectivity index (χ3v) is 3.58. The zero-order valence-electron chi connectivity index (χ0n) is 8.76. The number of aryl methyl sites for hydroxylation is 1. The number of hydrogen-bond acceptors (Lipinski definition) is 3. The molecule has 0 atom stereocenters. The van der Waals surface area contributed by atoms with E-state index in [4.69, 9.17) is 10.7 Å². The SMILES string of the molecule is Cc1ccccc1-n1ncc(S(=O)(=O)Cl)c1F. The Labute approximate surface area is 102 Å². The maximum Gasteiger partial charge on any atom is 0.267 e. The van der Waals surface area contributed by atoms with Crippen LogP contribution in [0, 0.1) is 12.9 Å². The predicted molar refractivity (Wildman–Crippen MR) is 61.3 cm³/mol. The number of halogens is 2. The molecule has 0 amide bonds. The number of nitrogens with zero attached hydrogens (tertiary/aromatic N) is 2. The van der Waals surface area contributed by atoms with Gasteiger partial charge < -0.3 is 0 Å². The van der Waals surface area contributed by atoms with Gasteiger partial charge in [0.1, 0.15) is 0 Å². The predicted octanol–water partition coefficient (Wildman–Crippen LogP) is 2.25. The van der Waals surface area contributed by atoms with Gasteiger partial charge in [-0.3, -0.25) is 0 Å². The summed E-state index contributed by atoms with van der Waals surface area (Å²) >= 11 is 0. The highest BCUT2D eigenvalue weighted by Crippen LogP contribution is 2.22. The van der Waals surface area contributed by atoms with E-state index < -0.39 is 19.9 Å². The highest BCUT2D eigenvalue weighted by molar-refractivity contribution is 8.13.